The second kappa shape index (κ2) is 7.41. The number of hydrogen-bond acceptors (Lipinski definition) is 2. The van der Waals surface area contributed by atoms with E-state index in [9.17, 15) is 4.79 Å². The minimum atomic E-state index is -0.945. The van der Waals surface area contributed by atoms with Gasteiger partial charge in [-0.15, -0.1) is 0 Å². The molecule has 0 saturated heterocycles. The highest BCUT2D eigenvalue weighted by atomic mass is 16.5. The van der Waals surface area contributed by atoms with Crippen LogP contribution in [0.4, 0.5) is 0 Å². The minimum absolute atomic E-state index is 0.0396. The first kappa shape index (κ1) is 15.0. The van der Waals surface area contributed by atoms with Crippen molar-refractivity contribution in [3.05, 3.63) is 77.4 Å². The molecule has 1 N–H and O–H groups in total. The number of hydrogen-bond donors (Lipinski definition) is 1. The molecule has 1 unspecified atom stereocenters. The van der Waals surface area contributed by atoms with Crippen molar-refractivity contribution < 1.29 is 14.6 Å². The Kier molecular flexibility index (Phi) is 5.29. The fraction of sp³-hybridized carbons (Fsp3) is 0.167. The van der Waals surface area contributed by atoms with Crippen LogP contribution in [-0.4, -0.2) is 11.1 Å². The molecule has 0 amide bonds. The number of carbonyl (C=O) groups is 1. The number of rotatable bonds is 6. The van der Waals surface area contributed by atoms with Crippen molar-refractivity contribution >= 4 is 12.0 Å². The van der Waals surface area contributed by atoms with Gasteiger partial charge in [0.1, 0.15) is 0 Å². The summed E-state index contributed by atoms with van der Waals surface area (Å²) in [7, 11) is 0. The first-order chi connectivity index (χ1) is 10.1. The average molecular weight is 282 g/mol. The second-order valence-electron chi connectivity index (χ2n) is 4.78. The van der Waals surface area contributed by atoms with Crippen molar-refractivity contribution in [1.29, 1.82) is 0 Å². The summed E-state index contributed by atoms with van der Waals surface area (Å²) in [4.78, 5) is 10.4. The summed E-state index contributed by atoms with van der Waals surface area (Å²) >= 11 is 0. The lowest BCUT2D eigenvalue weighted by molar-refractivity contribution is -0.131. The van der Waals surface area contributed by atoms with Crippen molar-refractivity contribution in [3.63, 3.8) is 0 Å². The van der Waals surface area contributed by atoms with Gasteiger partial charge in [-0.3, -0.25) is 0 Å². The van der Waals surface area contributed by atoms with E-state index >= 15 is 0 Å². The van der Waals surface area contributed by atoms with E-state index in [2.05, 4.69) is 0 Å². The Morgan fingerprint density at radius 2 is 1.81 bits per heavy atom. The van der Waals surface area contributed by atoms with Gasteiger partial charge in [0.05, 0.1) is 12.7 Å². The predicted octanol–water partition coefficient (Wildman–Crippen LogP) is 4.06. The number of carboxylic acid groups (broad SMARTS) is 1. The third-order valence-electron chi connectivity index (χ3n) is 3.17. The van der Waals surface area contributed by atoms with Crippen molar-refractivity contribution in [2.45, 2.75) is 19.6 Å². The molecule has 0 aromatic heterocycles. The van der Waals surface area contributed by atoms with Crippen LogP contribution in [0.2, 0.25) is 0 Å². The monoisotopic (exact) mass is 282 g/mol. The SMILES string of the molecule is CC(OCc1ccc(C=CC(=O)O)cc1)c1ccccc1. The molecule has 2 aromatic rings. The van der Waals surface area contributed by atoms with Crippen LogP contribution in [0.1, 0.15) is 29.7 Å². The summed E-state index contributed by atoms with van der Waals surface area (Å²) in [5.41, 5.74) is 3.07. The zero-order chi connectivity index (χ0) is 15.1. The third kappa shape index (κ3) is 4.89. The van der Waals surface area contributed by atoms with E-state index in [1.165, 1.54) is 0 Å². The number of benzene rings is 2. The fourth-order valence-corrected chi connectivity index (χ4v) is 1.93. The van der Waals surface area contributed by atoms with Crippen LogP contribution in [0.25, 0.3) is 6.08 Å². The third-order valence-corrected chi connectivity index (χ3v) is 3.17. The quantitative estimate of drug-likeness (QED) is 0.813. The van der Waals surface area contributed by atoms with Crippen LogP contribution in [0.5, 0.6) is 0 Å². The lowest BCUT2D eigenvalue weighted by Crippen LogP contribution is -2.00. The van der Waals surface area contributed by atoms with Gasteiger partial charge in [0.25, 0.3) is 0 Å². The normalized spacial score (nSPS) is 12.4. The molecule has 0 saturated carbocycles. The van der Waals surface area contributed by atoms with Gasteiger partial charge in [0.15, 0.2) is 0 Å². The number of aliphatic carboxylic acids is 1. The Bertz CT molecular complexity index is 600. The fourth-order valence-electron chi connectivity index (χ4n) is 1.93. The predicted molar refractivity (Wildman–Crippen MR) is 82.8 cm³/mol. The molecule has 3 heteroatoms. The van der Waals surface area contributed by atoms with Gasteiger partial charge < -0.3 is 9.84 Å². The molecule has 0 radical (unpaired) electrons. The summed E-state index contributed by atoms with van der Waals surface area (Å²) in [6, 6.07) is 17.7. The lowest BCUT2D eigenvalue weighted by Gasteiger charge is -2.13. The van der Waals surface area contributed by atoms with E-state index in [0.29, 0.717) is 6.61 Å². The maximum absolute atomic E-state index is 10.4. The molecular formula is C18H18O3. The molecule has 2 aromatic carbocycles. The van der Waals surface area contributed by atoms with Crippen LogP contribution in [-0.2, 0) is 16.1 Å². The molecule has 0 fully saturated rings. The Morgan fingerprint density at radius 1 is 1.14 bits per heavy atom. The minimum Gasteiger partial charge on any atom is -0.478 e. The lowest BCUT2D eigenvalue weighted by atomic mass is 10.1. The average Bonchev–Trinajstić information content (AvgIpc) is 2.52. The van der Waals surface area contributed by atoms with Crippen molar-refractivity contribution in [1.82, 2.24) is 0 Å². The summed E-state index contributed by atoms with van der Waals surface area (Å²) in [5, 5.41) is 8.58. The number of carboxylic acids is 1. The zero-order valence-corrected chi connectivity index (χ0v) is 11.9. The molecule has 0 aliphatic carbocycles. The van der Waals surface area contributed by atoms with Crippen LogP contribution in [0.3, 0.4) is 0 Å². The maximum Gasteiger partial charge on any atom is 0.328 e. The van der Waals surface area contributed by atoms with Gasteiger partial charge in [-0.2, -0.15) is 0 Å². The Hall–Kier alpha value is -2.39. The van der Waals surface area contributed by atoms with Gasteiger partial charge in [0.2, 0.25) is 0 Å². The Morgan fingerprint density at radius 3 is 2.43 bits per heavy atom. The van der Waals surface area contributed by atoms with Crippen LogP contribution in [0.15, 0.2) is 60.7 Å². The molecular weight excluding hydrogens is 264 g/mol. The smallest absolute Gasteiger partial charge is 0.328 e. The highest BCUT2D eigenvalue weighted by Gasteiger charge is 2.05. The standard InChI is InChI=1S/C18H18O3/c1-14(17-5-3-2-4-6-17)21-13-16-9-7-15(8-10-16)11-12-18(19)20/h2-12,14H,13H2,1H3,(H,19,20). The number of ether oxygens (including phenoxy) is 1. The maximum atomic E-state index is 10.4. The molecule has 2 rings (SSSR count). The van der Waals surface area contributed by atoms with E-state index < -0.39 is 5.97 Å². The summed E-state index contributed by atoms with van der Waals surface area (Å²) in [6.07, 6.45) is 2.74. The summed E-state index contributed by atoms with van der Waals surface area (Å²) < 4.78 is 5.84. The topological polar surface area (TPSA) is 46.5 Å². The molecule has 0 heterocycles. The van der Waals surface area contributed by atoms with E-state index in [-0.39, 0.29) is 6.10 Å². The van der Waals surface area contributed by atoms with Crippen molar-refractivity contribution in [2.75, 3.05) is 0 Å². The molecule has 21 heavy (non-hydrogen) atoms. The van der Waals surface area contributed by atoms with Gasteiger partial charge >= 0.3 is 5.97 Å². The molecule has 0 bridgehead atoms. The van der Waals surface area contributed by atoms with E-state index in [4.69, 9.17) is 9.84 Å². The van der Waals surface area contributed by atoms with Gasteiger partial charge in [-0.1, -0.05) is 54.6 Å². The second-order valence-corrected chi connectivity index (χ2v) is 4.78. The van der Waals surface area contributed by atoms with E-state index in [1.807, 2.05) is 61.5 Å². The van der Waals surface area contributed by atoms with Crippen LogP contribution in [0, 0.1) is 0 Å². The van der Waals surface area contributed by atoms with E-state index in [0.717, 1.165) is 22.8 Å². The van der Waals surface area contributed by atoms with Gasteiger partial charge in [-0.25, -0.2) is 4.79 Å². The first-order valence-electron chi connectivity index (χ1n) is 6.81. The largest absolute Gasteiger partial charge is 0.478 e. The molecule has 108 valence electrons. The molecule has 3 nitrogen and oxygen atoms in total. The molecule has 0 aliphatic rings. The first-order valence-corrected chi connectivity index (χ1v) is 6.81. The zero-order valence-electron chi connectivity index (χ0n) is 11.9. The van der Waals surface area contributed by atoms with Gasteiger partial charge in [0, 0.05) is 6.08 Å². The molecule has 1 atom stereocenters. The molecule has 0 spiro atoms. The van der Waals surface area contributed by atoms with Crippen LogP contribution < -0.4 is 0 Å². The molecule has 0 aliphatic heterocycles. The summed E-state index contributed by atoms with van der Waals surface area (Å²) in [5.74, 6) is -0.945. The highest BCUT2D eigenvalue weighted by Crippen LogP contribution is 2.18. The van der Waals surface area contributed by atoms with E-state index in [1.54, 1.807) is 6.08 Å². The van der Waals surface area contributed by atoms with Crippen molar-refractivity contribution in [2.24, 2.45) is 0 Å². The summed E-state index contributed by atoms with van der Waals surface area (Å²) in [6.45, 7) is 2.55. The highest BCUT2D eigenvalue weighted by molar-refractivity contribution is 5.85. The Labute approximate surface area is 124 Å². The Balaban J connectivity index is 1.90. The van der Waals surface area contributed by atoms with Gasteiger partial charge in [-0.05, 0) is 29.7 Å². The van der Waals surface area contributed by atoms with Crippen molar-refractivity contribution in [3.8, 4) is 0 Å². The van der Waals surface area contributed by atoms with Crippen LogP contribution >= 0.6 is 0 Å².